The maximum Gasteiger partial charge on any atom is 0.401 e. The number of pyridine rings is 1. The molecule has 198 valence electrons. The second kappa shape index (κ2) is 10.7. The first-order valence-corrected chi connectivity index (χ1v) is 12.4. The van der Waals surface area contributed by atoms with E-state index in [4.69, 9.17) is 0 Å². The van der Waals surface area contributed by atoms with Crippen molar-refractivity contribution < 1.29 is 17.6 Å². The highest BCUT2D eigenvalue weighted by atomic mass is 19.4. The van der Waals surface area contributed by atoms with Gasteiger partial charge in [-0.05, 0) is 53.3 Å². The molecular weight excluding hydrogens is 482 g/mol. The monoisotopic (exact) mass is 515 g/mol. The van der Waals surface area contributed by atoms with Crippen molar-refractivity contribution in [1.82, 2.24) is 19.7 Å². The van der Waals surface area contributed by atoms with E-state index in [1.54, 1.807) is 16.9 Å². The van der Waals surface area contributed by atoms with Crippen LogP contribution in [0.2, 0.25) is 0 Å². The molecule has 0 bridgehead atoms. The number of nitrogens with zero attached hydrogens (tertiary/aromatic N) is 5. The van der Waals surface area contributed by atoms with Crippen molar-refractivity contribution in [3.05, 3.63) is 76.7 Å². The molecule has 3 aromatic rings. The van der Waals surface area contributed by atoms with Gasteiger partial charge < -0.3 is 4.90 Å². The fourth-order valence-corrected chi connectivity index (χ4v) is 4.38. The Morgan fingerprint density at radius 3 is 2.27 bits per heavy atom. The third kappa shape index (κ3) is 7.19. The first kappa shape index (κ1) is 26.9. The number of rotatable bonds is 6. The molecule has 9 heteroatoms. The van der Waals surface area contributed by atoms with Gasteiger partial charge in [0.05, 0.1) is 13.1 Å². The molecule has 5 nitrogen and oxygen atoms in total. The first-order valence-electron chi connectivity index (χ1n) is 12.4. The molecule has 1 aromatic carbocycles. The molecule has 0 atom stereocenters. The summed E-state index contributed by atoms with van der Waals surface area (Å²) >= 11 is 0. The summed E-state index contributed by atoms with van der Waals surface area (Å²) in [6.45, 7) is 9.45. The molecule has 1 fully saturated rings. The Hall–Kier alpha value is -3.20. The first-order chi connectivity index (χ1) is 17.4. The van der Waals surface area contributed by atoms with Gasteiger partial charge in [0.1, 0.15) is 11.5 Å². The Morgan fingerprint density at radius 2 is 1.65 bits per heavy atom. The predicted molar refractivity (Wildman–Crippen MR) is 139 cm³/mol. The number of hydrogen-bond donors (Lipinski definition) is 0. The molecule has 2 aromatic heterocycles. The van der Waals surface area contributed by atoms with Crippen LogP contribution < -0.4 is 4.90 Å². The number of hydrogen-bond acceptors (Lipinski definition) is 4. The van der Waals surface area contributed by atoms with Crippen molar-refractivity contribution in [3.63, 3.8) is 0 Å². The fourth-order valence-electron chi connectivity index (χ4n) is 4.38. The van der Waals surface area contributed by atoms with Crippen LogP contribution in [0.25, 0.3) is 11.9 Å². The maximum atomic E-state index is 15.0. The molecule has 0 unspecified atom stereocenters. The SMILES string of the molecule is Cc1cc(/C(F)=C/c2ccc(C(C)(C)C)cc2)nn1Cc1ccnc(N2CCN(CC(F)(F)F)CC2)c1. The van der Waals surface area contributed by atoms with Crippen LogP contribution >= 0.6 is 0 Å². The summed E-state index contributed by atoms with van der Waals surface area (Å²) in [5, 5.41) is 4.47. The molecule has 1 aliphatic rings. The van der Waals surface area contributed by atoms with Crippen molar-refractivity contribution in [3.8, 4) is 0 Å². The van der Waals surface area contributed by atoms with Crippen LogP contribution in [0.3, 0.4) is 0 Å². The van der Waals surface area contributed by atoms with Gasteiger partial charge in [-0.1, -0.05) is 45.0 Å². The number of halogens is 4. The van der Waals surface area contributed by atoms with Gasteiger partial charge in [-0.3, -0.25) is 9.58 Å². The average Bonchev–Trinajstić information content (AvgIpc) is 3.19. The van der Waals surface area contributed by atoms with Gasteiger partial charge in [0, 0.05) is 38.1 Å². The molecule has 0 aliphatic carbocycles. The lowest BCUT2D eigenvalue weighted by Gasteiger charge is -2.35. The van der Waals surface area contributed by atoms with Gasteiger partial charge >= 0.3 is 6.18 Å². The second-order valence-corrected chi connectivity index (χ2v) is 10.6. The Balaban J connectivity index is 1.42. The molecule has 1 aliphatic heterocycles. The molecule has 37 heavy (non-hydrogen) atoms. The quantitative estimate of drug-likeness (QED) is 0.373. The van der Waals surface area contributed by atoms with Gasteiger partial charge in [0.2, 0.25) is 0 Å². The predicted octanol–water partition coefficient (Wildman–Crippen LogP) is 6.08. The molecule has 0 radical (unpaired) electrons. The highest BCUT2D eigenvalue weighted by Crippen LogP contribution is 2.25. The van der Waals surface area contributed by atoms with Crippen LogP contribution in [0, 0.1) is 6.92 Å². The summed E-state index contributed by atoms with van der Waals surface area (Å²) in [6.07, 6.45) is -1.01. The molecule has 0 N–H and O–H groups in total. The van der Waals surface area contributed by atoms with E-state index < -0.39 is 18.5 Å². The summed E-state index contributed by atoms with van der Waals surface area (Å²) in [5.74, 6) is 0.316. The normalized spacial score (nSPS) is 15.9. The van der Waals surface area contributed by atoms with E-state index in [0.717, 1.165) is 22.6 Å². The van der Waals surface area contributed by atoms with E-state index in [2.05, 4.69) is 30.9 Å². The summed E-state index contributed by atoms with van der Waals surface area (Å²) in [7, 11) is 0. The van der Waals surface area contributed by atoms with Crippen LogP contribution in [-0.2, 0) is 12.0 Å². The van der Waals surface area contributed by atoms with Gasteiger partial charge in [-0.15, -0.1) is 0 Å². The lowest BCUT2D eigenvalue weighted by Crippen LogP contribution is -2.49. The van der Waals surface area contributed by atoms with Crippen LogP contribution in [0.1, 0.15) is 48.8 Å². The molecule has 0 spiro atoms. The largest absolute Gasteiger partial charge is 0.401 e. The minimum atomic E-state index is -4.19. The van der Waals surface area contributed by atoms with Crippen molar-refractivity contribution in [1.29, 1.82) is 0 Å². The minimum Gasteiger partial charge on any atom is -0.354 e. The van der Waals surface area contributed by atoms with Crippen LogP contribution in [-0.4, -0.2) is 58.6 Å². The highest BCUT2D eigenvalue weighted by Gasteiger charge is 2.32. The van der Waals surface area contributed by atoms with Crippen molar-refractivity contribution >= 4 is 17.7 Å². The molecule has 0 saturated carbocycles. The summed E-state index contributed by atoms with van der Waals surface area (Å²) in [4.78, 5) is 7.82. The summed E-state index contributed by atoms with van der Waals surface area (Å²) in [5.41, 5.74) is 4.01. The standard InChI is InChI=1S/C28H33F4N5/c1-20-15-25(24(29)16-21-5-7-23(8-6-21)27(2,3)4)34-37(20)18-22-9-10-33-26(17-22)36-13-11-35(12-14-36)19-28(30,31)32/h5-10,15-17H,11-14,18-19H2,1-4H3/b24-16-. The zero-order valence-electron chi connectivity index (χ0n) is 21.7. The number of alkyl halides is 3. The van der Waals surface area contributed by atoms with E-state index >= 15 is 4.39 Å². The van der Waals surface area contributed by atoms with Crippen molar-refractivity contribution in [2.45, 2.75) is 45.8 Å². The number of aryl methyl sites for hydroxylation is 1. The van der Waals surface area contributed by atoms with Crippen LogP contribution in [0.15, 0.2) is 48.7 Å². The highest BCUT2D eigenvalue weighted by molar-refractivity contribution is 5.75. The van der Waals surface area contributed by atoms with Gasteiger partial charge in [-0.25, -0.2) is 9.37 Å². The van der Waals surface area contributed by atoms with E-state index in [1.807, 2.05) is 48.2 Å². The third-order valence-corrected chi connectivity index (χ3v) is 6.54. The van der Waals surface area contributed by atoms with Gasteiger partial charge in [0.25, 0.3) is 0 Å². The Labute approximate surface area is 215 Å². The Kier molecular flexibility index (Phi) is 7.73. The molecule has 3 heterocycles. The Bertz CT molecular complexity index is 1230. The van der Waals surface area contributed by atoms with Crippen LogP contribution in [0.4, 0.5) is 23.4 Å². The number of aromatic nitrogens is 3. The van der Waals surface area contributed by atoms with E-state index in [9.17, 15) is 13.2 Å². The third-order valence-electron chi connectivity index (χ3n) is 6.54. The number of piperazine rings is 1. The number of anilines is 1. The van der Waals surface area contributed by atoms with E-state index in [0.29, 0.717) is 32.7 Å². The molecule has 0 amide bonds. The minimum absolute atomic E-state index is 0.0327. The molecular formula is C28H33F4N5. The average molecular weight is 516 g/mol. The fraction of sp³-hybridized carbons (Fsp3) is 0.429. The number of benzene rings is 1. The second-order valence-electron chi connectivity index (χ2n) is 10.6. The van der Waals surface area contributed by atoms with E-state index in [-0.39, 0.29) is 11.1 Å². The maximum absolute atomic E-state index is 15.0. The lowest BCUT2D eigenvalue weighted by atomic mass is 9.87. The summed E-state index contributed by atoms with van der Waals surface area (Å²) < 4.78 is 54.8. The van der Waals surface area contributed by atoms with Gasteiger partial charge in [-0.2, -0.15) is 18.3 Å². The van der Waals surface area contributed by atoms with Crippen molar-refractivity contribution in [2.75, 3.05) is 37.6 Å². The lowest BCUT2D eigenvalue weighted by molar-refractivity contribution is -0.146. The summed E-state index contributed by atoms with van der Waals surface area (Å²) in [6, 6.07) is 13.4. The topological polar surface area (TPSA) is 37.2 Å². The zero-order valence-corrected chi connectivity index (χ0v) is 21.7. The van der Waals surface area contributed by atoms with E-state index in [1.165, 1.54) is 16.5 Å². The molecule has 4 rings (SSSR count). The van der Waals surface area contributed by atoms with Crippen LogP contribution in [0.5, 0.6) is 0 Å². The Morgan fingerprint density at radius 1 is 0.973 bits per heavy atom. The molecule has 1 saturated heterocycles. The zero-order chi connectivity index (χ0) is 26.8. The van der Waals surface area contributed by atoms with Crippen molar-refractivity contribution in [2.24, 2.45) is 0 Å². The smallest absolute Gasteiger partial charge is 0.354 e. The van der Waals surface area contributed by atoms with Gasteiger partial charge in [0.15, 0.2) is 5.83 Å².